The van der Waals surface area contributed by atoms with Gasteiger partial charge in [-0.05, 0) is 31.5 Å². The van der Waals surface area contributed by atoms with Gasteiger partial charge in [0.15, 0.2) is 0 Å². The molecule has 4 heteroatoms. The van der Waals surface area contributed by atoms with E-state index in [9.17, 15) is 4.79 Å². The molecule has 0 aliphatic carbocycles. The zero-order chi connectivity index (χ0) is 11.9. The van der Waals surface area contributed by atoms with E-state index in [-0.39, 0.29) is 11.0 Å². The molecule has 0 unspecified atom stereocenters. The first-order valence-electron chi connectivity index (χ1n) is 4.77. The van der Waals surface area contributed by atoms with Crippen LogP contribution in [0.1, 0.15) is 16.8 Å². The van der Waals surface area contributed by atoms with Crippen molar-refractivity contribution in [3.63, 3.8) is 0 Å². The number of fused-ring (bicyclic) bond motifs is 1. The molecule has 1 N–H and O–H groups in total. The number of nitrogens with one attached hydrogen (secondary N) is 1. The molecule has 1 aromatic heterocycles. The van der Waals surface area contributed by atoms with Crippen LogP contribution in [0.2, 0.25) is 5.02 Å². The number of aromatic amines is 1. The number of nitriles is 1. The van der Waals surface area contributed by atoms with E-state index >= 15 is 0 Å². The third kappa shape index (κ3) is 1.48. The predicted molar refractivity (Wildman–Crippen MR) is 63.8 cm³/mol. The molecule has 80 valence electrons. The number of aromatic nitrogens is 1. The summed E-state index contributed by atoms with van der Waals surface area (Å²) < 4.78 is 0. The van der Waals surface area contributed by atoms with Crippen molar-refractivity contribution in [1.29, 1.82) is 5.26 Å². The van der Waals surface area contributed by atoms with Crippen LogP contribution >= 0.6 is 11.6 Å². The normalized spacial score (nSPS) is 10.4. The minimum atomic E-state index is -0.264. The van der Waals surface area contributed by atoms with Crippen LogP contribution in [-0.2, 0) is 0 Å². The van der Waals surface area contributed by atoms with Gasteiger partial charge < -0.3 is 4.98 Å². The first kappa shape index (κ1) is 10.7. The standard InChI is InChI=1S/C12H9ClN2O/c1-6-3-8(13)4-9-11(6)15-7(2)10(5-14)12(9)16/h3-4H,1-2H3,(H,15,16). The van der Waals surface area contributed by atoms with E-state index < -0.39 is 0 Å². The van der Waals surface area contributed by atoms with Crippen LogP contribution in [-0.4, -0.2) is 4.98 Å². The summed E-state index contributed by atoms with van der Waals surface area (Å²) in [6, 6.07) is 5.28. The Labute approximate surface area is 97.3 Å². The molecule has 1 heterocycles. The topological polar surface area (TPSA) is 56.6 Å². The number of halogens is 1. The van der Waals surface area contributed by atoms with Crippen LogP contribution < -0.4 is 5.43 Å². The second-order valence-corrected chi connectivity index (χ2v) is 4.15. The second-order valence-electron chi connectivity index (χ2n) is 3.71. The molecule has 0 atom stereocenters. The number of rotatable bonds is 0. The van der Waals surface area contributed by atoms with Crippen molar-refractivity contribution >= 4 is 22.5 Å². The molecule has 0 bridgehead atoms. The van der Waals surface area contributed by atoms with E-state index in [0.717, 1.165) is 11.1 Å². The van der Waals surface area contributed by atoms with E-state index in [4.69, 9.17) is 16.9 Å². The molecule has 16 heavy (non-hydrogen) atoms. The van der Waals surface area contributed by atoms with Gasteiger partial charge in [0.25, 0.3) is 0 Å². The van der Waals surface area contributed by atoms with Gasteiger partial charge >= 0.3 is 0 Å². The van der Waals surface area contributed by atoms with Crippen molar-refractivity contribution in [2.45, 2.75) is 13.8 Å². The minimum Gasteiger partial charge on any atom is -0.357 e. The van der Waals surface area contributed by atoms with Gasteiger partial charge in [-0.2, -0.15) is 5.26 Å². The van der Waals surface area contributed by atoms with Crippen molar-refractivity contribution in [1.82, 2.24) is 4.98 Å². The largest absolute Gasteiger partial charge is 0.357 e. The quantitative estimate of drug-likeness (QED) is 0.759. The van der Waals surface area contributed by atoms with E-state index in [1.807, 2.05) is 13.0 Å². The predicted octanol–water partition coefficient (Wildman–Crippen LogP) is 2.67. The van der Waals surface area contributed by atoms with Gasteiger partial charge in [0.1, 0.15) is 11.6 Å². The number of nitrogens with zero attached hydrogens (tertiary/aromatic N) is 1. The van der Waals surface area contributed by atoms with E-state index in [1.54, 1.807) is 19.1 Å². The zero-order valence-corrected chi connectivity index (χ0v) is 9.64. The Balaban J connectivity index is 3.07. The van der Waals surface area contributed by atoms with Crippen molar-refractivity contribution in [2.24, 2.45) is 0 Å². The van der Waals surface area contributed by atoms with Gasteiger partial charge in [0.2, 0.25) is 5.43 Å². The molecule has 0 aliphatic rings. The van der Waals surface area contributed by atoms with Crippen LogP contribution in [0, 0.1) is 25.2 Å². The Hall–Kier alpha value is -1.79. The Morgan fingerprint density at radius 3 is 2.69 bits per heavy atom. The fourth-order valence-electron chi connectivity index (χ4n) is 1.78. The lowest BCUT2D eigenvalue weighted by molar-refractivity contribution is 1.20. The summed E-state index contributed by atoms with van der Waals surface area (Å²) in [5.41, 5.74) is 2.11. The highest BCUT2D eigenvalue weighted by atomic mass is 35.5. The third-order valence-electron chi connectivity index (χ3n) is 2.57. The van der Waals surface area contributed by atoms with Crippen molar-refractivity contribution < 1.29 is 0 Å². The summed E-state index contributed by atoms with van der Waals surface area (Å²) in [6.45, 7) is 3.59. The molecule has 1 aromatic carbocycles. The van der Waals surface area contributed by atoms with Crippen LogP contribution in [0.5, 0.6) is 0 Å². The number of hydrogen-bond acceptors (Lipinski definition) is 2. The van der Waals surface area contributed by atoms with Crippen LogP contribution in [0.25, 0.3) is 10.9 Å². The van der Waals surface area contributed by atoms with Gasteiger partial charge in [0, 0.05) is 16.1 Å². The van der Waals surface area contributed by atoms with Crippen molar-refractivity contribution in [2.75, 3.05) is 0 Å². The zero-order valence-electron chi connectivity index (χ0n) is 8.89. The van der Waals surface area contributed by atoms with Gasteiger partial charge in [-0.15, -0.1) is 0 Å². The summed E-state index contributed by atoms with van der Waals surface area (Å²) in [5, 5.41) is 9.86. The summed E-state index contributed by atoms with van der Waals surface area (Å²) in [5.74, 6) is 0. The lowest BCUT2D eigenvalue weighted by atomic mass is 10.1. The SMILES string of the molecule is Cc1[nH]c2c(C)cc(Cl)cc2c(=O)c1C#N. The minimum absolute atomic E-state index is 0.147. The molecule has 0 fully saturated rings. The van der Waals surface area contributed by atoms with Crippen LogP contribution in [0.15, 0.2) is 16.9 Å². The Kier molecular flexibility index (Phi) is 2.45. The molecule has 0 saturated heterocycles. The Morgan fingerprint density at radius 1 is 1.38 bits per heavy atom. The highest BCUT2D eigenvalue weighted by Gasteiger charge is 2.10. The van der Waals surface area contributed by atoms with Crippen molar-refractivity contribution in [3.8, 4) is 6.07 Å². The molecule has 3 nitrogen and oxygen atoms in total. The maximum Gasteiger partial charge on any atom is 0.207 e. The fraction of sp³-hybridized carbons (Fsp3) is 0.167. The highest BCUT2D eigenvalue weighted by Crippen LogP contribution is 2.20. The summed E-state index contributed by atoms with van der Waals surface area (Å²) in [6.07, 6.45) is 0. The van der Waals surface area contributed by atoms with Gasteiger partial charge in [0.05, 0.1) is 5.52 Å². The highest BCUT2D eigenvalue weighted by molar-refractivity contribution is 6.31. The van der Waals surface area contributed by atoms with Gasteiger partial charge in [-0.3, -0.25) is 4.79 Å². The first-order valence-corrected chi connectivity index (χ1v) is 5.15. The molecule has 0 aliphatic heterocycles. The molecular weight excluding hydrogens is 224 g/mol. The molecule has 2 rings (SSSR count). The van der Waals surface area contributed by atoms with E-state index in [2.05, 4.69) is 4.98 Å². The fourth-order valence-corrected chi connectivity index (χ4v) is 2.05. The molecule has 0 spiro atoms. The molecule has 0 radical (unpaired) electrons. The van der Waals surface area contributed by atoms with Gasteiger partial charge in [-0.25, -0.2) is 0 Å². The molecule has 0 saturated carbocycles. The lowest BCUT2D eigenvalue weighted by Crippen LogP contribution is -2.11. The third-order valence-corrected chi connectivity index (χ3v) is 2.79. The van der Waals surface area contributed by atoms with Crippen LogP contribution in [0.4, 0.5) is 0 Å². The van der Waals surface area contributed by atoms with Crippen LogP contribution in [0.3, 0.4) is 0 Å². The van der Waals surface area contributed by atoms with E-state index in [0.29, 0.717) is 16.1 Å². The monoisotopic (exact) mass is 232 g/mol. The second kappa shape index (κ2) is 3.66. The number of aryl methyl sites for hydroxylation is 2. The molecular formula is C12H9ClN2O. The van der Waals surface area contributed by atoms with Gasteiger partial charge in [-0.1, -0.05) is 11.6 Å². The first-order chi connectivity index (χ1) is 7.54. The summed E-state index contributed by atoms with van der Waals surface area (Å²) in [7, 11) is 0. The maximum absolute atomic E-state index is 12.0. The smallest absolute Gasteiger partial charge is 0.207 e. The number of hydrogen-bond donors (Lipinski definition) is 1. The Bertz CT molecular complexity index is 680. The number of benzene rings is 1. The summed E-state index contributed by atoms with van der Waals surface area (Å²) in [4.78, 5) is 15.0. The average Bonchev–Trinajstić information content (AvgIpc) is 2.21. The number of H-pyrrole nitrogens is 1. The number of pyridine rings is 1. The Morgan fingerprint density at radius 2 is 2.06 bits per heavy atom. The molecule has 0 amide bonds. The van der Waals surface area contributed by atoms with Crippen molar-refractivity contribution in [3.05, 3.63) is 44.2 Å². The van der Waals surface area contributed by atoms with E-state index in [1.165, 1.54) is 0 Å². The maximum atomic E-state index is 12.0. The summed E-state index contributed by atoms with van der Waals surface area (Å²) >= 11 is 5.90. The molecule has 2 aromatic rings. The lowest BCUT2D eigenvalue weighted by Gasteiger charge is -2.06. The average molecular weight is 233 g/mol.